The molecule has 8 nitrogen and oxygen atoms in total. The lowest BCUT2D eigenvalue weighted by molar-refractivity contribution is -0.133. The predicted octanol–water partition coefficient (Wildman–Crippen LogP) is 0.586. The summed E-state index contributed by atoms with van der Waals surface area (Å²) in [6.45, 7) is 6.67. The SMILES string of the molecule is CCC[C@@H](NC(N)=O)C(=O)N1CCN(c2nc(CC)ns2)CC1. The van der Waals surface area contributed by atoms with Gasteiger partial charge < -0.3 is 20.9 Å². The first-order valence-electron chi connectivity index (χ1n) is 7.97. The fourth-order valence-corrected chi connectivity index (χ4v) is 3.37. The number of hydrogen-bond donors (Lipinski definition) is 2. The zero-order valence-electron chi connectivity index (χ0n) is 13.6. The van der Waals surface area contributed by atoms with E-state index in [9.17, 15) is 9.59 Å². The number of nitrogens with one attached hydrogen (secondary N) is 1. The van der Waals surface area contributed by atoms with E-state index in [1.165, 1.54) is 11.5 Å². The molecule has 128 valence electrons. The number of piperazine rings is 1. The van der Waals surface area contributed by atoms with Crippen molar-refractivity contribution in [3.8, 4) is 0 Å². The van der Waals surface area contributed by atoms with Crippen molar-refractivity contribution in [2.45, 2.75) is 39.2 Å². The van der Waals surface area contributed by atoms with E-state index in [2.05, 4.69) is 19.6 Å². The molecule has 0 saturated carbocycles. The summed E-state index contributed by atoms with van der Waals surface area (Å²) in [5.74, 6) is 0.800. The van der Waals surface area contributed by atoms with Gasteiger partial charge in [0.1, 0.15) is 11.9 Å². The van der Waals surface area contributed by atoms with Gasteiger partial charge in [-0.3, -0.25) is 4.79 Å². The Morgan fingerprint density at radius 3 is 2.52 bits per heavy atom. The Hall–Kier alpha value is -1.90. The number of carbonyl (C=O) groups is 2. The summed E-state index contributed by atoms with van der Waals surface area (Å²) in [4.78, 5) is 32.0. The summed E-state index contributed by atoms with van der Waals surface area (Å²) >= 11 is 1.40. The second kappa shape index (κ2) is 8.09. The molecule has 2 heterocycles. The Balaban J connectivity index is 1.91. The molecule has 1 aromatic heterocycles. The van der Waals surface area contributed by atoms with E-state index in [1.54, 1.807) is 4.90 Å². The average molecular weight is 340 g/mol. The van der Waals surface area contributed by atoms with Crippen molar-refractivity contribution in [2.75, 3.05) is 31.1 Å². The van der Waals surface area contributed by atoms with Crippen LogP contribution in [-0.2, 0) is 11.2 Å². The van der Waals surface area contributed by atoms with Gasteiger partial charge >= 0.3 is 6.03 Å². The highest BCUT2D eigenvalue weighted by Crippen LogP contribution is 2.19. The van der Waals surface area contributed by atoms with Gasteiger partial charge in [0.15, 0.2) is 0 Å². The summed E-state index contributed by atoms with van der Waals surface area (Å²) in [6, 6.07) is -1.19. The summed E-state index contributed by atoms with van der Waals surface area (Å²) in [6.07, 6.45) is 2.23. The number of nitrogens with zero attached hydrogens (tertiary/aromatic N) is 4. The van der Waals surface area contributed by atoms with E-state index in [-0.39, 0.29) is 5.91 Å². The van der Waals surface area contributed by atoms with Crippen LogP contribution in [0.2, 0.25) is 0 Å². The van der Waals surface area contributed by atoms with Crippen molar-refractivity contribution < 1.29 is 9.59 Å². The van der Waals surface area contributed by atoms with E-state index in [1.807, 2.05) is 13.8 Å². The van der Waals surface area contributed by atoms with Crippen LogP contribution in [0, 0.1) is 0 Å². The minimum Gasteiger partial charge on any atom is -0.352 e. The first kappa shape index (κ1) is 17.5. The molecule has 1 aliphatic heterocycles. The smallest absolute Gasteiger partial charge is 0.312 e. The third-order valence-electron chi connectivity index (χ3n) is 3.83. The number of primary amides is 1. The largest absolute Gasteiger partial charge is 0.352 e. The van der Waals surface area contributed by atoms with Crippen LogP contribution in [0.15, 0.2) is 0 Å². The Morgan fingerprint density at radius 2 is 2.00 bits per heavy atom. The summed E-state index contributed by atoms with van der Waals surface area (Å²) in [5.41, 5.74) is 5.16. The standard InChI is InChI=1S/C14H24N6O2S/c1-3-5-10(16-13(15)22)12(21)19-6-8-20(9-7-19)14-17-11(4-2)18-23-14/h10H,3-9H2,1-2H3,(H3,15,16,22)/t10-/m1/s1. The number of urea groups is 1. The van der Waals surface area contributed by atoms with Crippen LogP contribution in [0.5, 0.6) is 0 Å². The van der Waals surface area contributed by atoms with Crippen molar-refractivity contribution in [3.63, 3.8) is 0 Å². The van der Waals surface area contributed by atoms with Crippen molar-refractivity contribution in [3.05, 3.63) is 5.82 Å². The molecular weight excluding hydrogens is 316 g/mol. The first-order chi connectivity index (χ1) is 11.0. The molecule has 3 N–H and O–H groups in total. The van der Waals surface area contributed by atoms with Crippen molar-refractivity contribution >= 4 is 28.6 Å². The lowest BCUT2D eigenvalue weighted by Crippen LogP contribution is -2.55. The molecule has 9 heteroatoms. The Kier molecular flexibility index (Phi) is 6.14. The fourth-order valence-electron chi connectivity index (χ4n) is 2.57. The van der Waals surface area contributed by atoms with E-state index in [0.717, 1.165) is 36.9 Å². The van der Waals surface area contributed by atoms with E-state index in [4.69, 9.17) is 5.73 Å². The van der Waals surface area contributed by atoms with Gasteiger partial charge in [-0.15, -0.1) is 0 Å². The number of anilines is 1. The summed E-state index contributed by atoms with van der Waals surface area (Å²) in [7, 11) is 0. The summed E-state index contributed by atoms with van der Waals surface area (Å²) < 4.78 is 4.30. The van der Waals surface area contributed by atoms with E-state index < -0.39 is 12.1 Å². The third-order valence-corrected chi connectivity index (χ3v) is 4.64. The van der Waals surface area contributed by atoms with Gasteiger partial charge in [0.2, 0.25) is 11.0 Å². The number of aryl methyl sites for hydroxylation is 1. The quantitative estimate of drug-likeness (QED) is 0.788. The minimum absolute atomic E-state index is 0.0585. The normalized spacial score (nSPS) is 16.3. The van der Waals surface area contributed by atoms with E-state index >= 15 is 0 Å². The monoisotopic (exact) mass is 340 g/mol. The van der Waals surface area contributed by atoms with Crippen molar-refractivity contribution in [1.29, 1.82) is 0 Å². The van der Waals surface area contributed by atoms with Gasteiger partial charge in [-0.2, -0.15) is 4.37 Å². The van der Waals surface area contributed by atoms with Gasteiger partial charge in [-0.1, -0.05) is 20.3 Å². The van der Waals surface area contributed by atoms with Crippen LogP contribution >= 0.6 is 11.5 Å². The predicted molar refractivity (Wildman–Crippen MR) is 89.5 cm³/mol. The molecule has 1 saturated heterocycles. The molecule has 3 amide bonds. The molecule has 23 heavy (non-hydrogen) atoms. The second-order valence-corrected chi connectivity index (χ2v) is 6.24. The van der Waals surface area contributed by atoms with Gasteiger partial charge in [0.25, 0.3) is 0 Å². The average Bonchev–Trinajstić information content (AvgIpc) is 3.02. The maximum absolute atomic E-state index is 12.5. The zero-order chi connectivity index (χ0) is 16.8. The molecule has 0 aliphatic carbocycles. The van der Waals surface area contributed by atoms with Crippen molar-refractivity contribution in [1.82, 2.24) is 19.6 Å². The van der Waals surface area contributed by atoms with Crippen molar-refractivity contribution in [2.24, 2.45) is 5.73 Å². The van der Waals surface area contributed by atoms with Gasteiger partial charge in [0.05, 0.1) is 0 Å². The number of hydrogen-bond acceptors (Lipinski definition) is 6. The first-order valence-corrected chi connectivity index (χ1v) is 8.74. The zero-order valence-corrected chi connectivity index (χ0v) is 14.4. The van der Waals surface area contributed by atoms with Crippen LogP contribution in [0.25, 0.3) is 0 Å². The minimum atomic E-state index is -0.656. The molecule has 0 unspecified atom stereocenters. The molecule has 0 bridgehead atoms. The maximum Gasteiger partial charge on any atom is 0.312 e. The van der Waals surface area contributed by atoms with Crippen LogP contribution in [0.3, 0.4) is 0 Å². The number of rotatable bonds is 6. The van der Waals surface area contributed by atoms with Gasteiger partial charge in [0, 0.05) is 44.1 Å². The highest BCUT2D eigenvalue weighted by molar-refractivity contribution is 7.09. The molecule has 1 aromatic rings. The second-order valence-electron chi connectivity index (χ2n) is 5.51. The molecule has 2 rings (SSSR count). The molecule has 0 aromatic carbocycles. The maximum atomic E-state index is 12.5. The van der Waals surface area contributed by atoms with Gasteiger partial charge in [-0.05, 0) is 6.42 Å². The summed E-state index contributed by atoms with van der Waals surface area (Å²) in [5, 5.41) is 3.46. The lowest BCUT2D eigenvalue weighted by Gasteiger charge is -2.36. The lowest BCUT2D eigenvalue weighted by atomic mass is 10.1. The number of amides is 3. The fraction of sp³-hybridized carbons (Fsp3) is 0.714. The van der Waals surface area contributed by atoms with Crippen LogP contribution in [0.1, 0.15) is 32.5 Å². The van der Waals surface area contributed by atoms with E-state index in [0.29, 0.717) is 19.5 Å². The molecule has 1 atom stereocenters. The highest BCUT2D eigenvalue weighted by Gasteiger charge is 2.28. The van der Waals surface area contributed by atoms with Crippen LogP contribution in [0.4, 0.5) is 9.93 Å². The number of aromatic nitrogens is 2. The highest BCUT2D eigenvalue weighted by atomic mass is 32.1. The Morgan fingerprint density at radius 1 is 1.30 bits per heavy atom. The third kappa shape index (κ3) is 4.54. The number of carbonyl (C=O) groups excluding carboxylic acids is 2. The van der Waals surface area contributed by atoms with Crippen LogP contribution < -0.4 is 16.0 Å². The Labute approximate surface area is 140 Å². The molecular formula is C14H24N6O2S. The van der Waals surface area contributed by atoms with Crippen LogP contribution in [-0.4, -0.2) is 58.4 Å². The topological polar surface area (TPSA) is 104 Å². The molecule has 0 radical (unpaired) electrons. The molecule has 1 aliphatic rings. The van der Waals surface area contributed by atoms with Gasteiger partial charge in [-0.25, -0.2) is 9.78 Å². The Bertz CT molecular complexity index is 541. The molecule has 0 spiro atoms. The molecule has 1 fully saturated rings. The number of nitrogens with two attached hydrogens (primary N) is 1.